The van der Waals surface area contributed by atoms with E-state index in [2.05, 4.69) is 41.9 Å². The minimum absolute atomic E-state index is 0.548. The summed E-state index contributed by atoms with van der Waals surface area (Å²) in [5, 5.41) is 0.808. The largest absolute Gasteiger partial charge is 0.0884 e. The molecule has 0 heterocycles. The lowest BCUT2D eigenvalue weighted by Crippen LogP contribution is -2.08. The van der Waals surface area contributed by atoms with E-state index >= 15 is 0 Å². The number of alkyl halides is 1. The van der Waals surface area contributed by atoms with Crippen LogP contribution in [-0.2, 0) is 0 Å². The van der Waals surface area contributed by atoms with Crippen LogP contribution in [0.4, 0.5) is 0 Å². The van der Waals surface area contributed by atoms with E-state index in [1.807, 2.05) is 12.1 Å². The van der Waals surface area contributed by atoms with Crippen LogP contribution >= 0.6 is 27.5 Å². The molecule has 14 heavy (non-hydrogen) atoms. The second kappa shape index (κ2) is 5.77. The molecule has 78 valence electrons. The van der Waals surface area contributed by atoms with Crippen molar-refractivity contribution in [3.05, 3.63) is 34.9 Å². The molecule has 0 nitrogen and oxygen atoms in total. The highest BCUT2D eigenvalue weighted by atomic mass is 79.9. The standard InChI is InChI=1S/C12H16BrCl/c1-3-4-12(13)9(2)10-5-7-11(14)8-6-10/h5-9,12H,3-4H2,1-2H3. The van der Waals surface area contributed by atoms with Crippen molar-refractivity contribution in [2.75, 3.05) is 0 Å². The third-order valence-electron chi connectivity index (χ3n) is 2.50. The van der Waals surface area contributed by atoms with Gasteiger partial charge in [0.1, 0.15) is 0 Å². The molecule has 0 saturated heterocycles. The van der Waals surface area contributed by atoms with E-state index in [4.69, 9.17) is 11.6 Å². The molecule has 2 heteroatoms. The van der Waals surface area contributed by atoms with Crippen molar-refractivity contribution in [3.63, 3.8) is 0 Å². The van der Waals surface area contributed by atoms with Gasteiger partial charge in [-0.2, -0.15) is 0 Å². The Labute approximate surface area is 99.8 Å². The highest BCUT2D eigenvalue weighted by molar-refractivity contribution is 9.09. The van der Waals surface area contributed by atoms with Gasteiger partial charge in [0.05, 0.1) is 0 Å². The first-order valence-electron chi connectivity index (χ1n) is 5.04. The van der Waals surface area contributed by atoms with Crippen LogP contribution in [-0.4, -0.2) is 4.83 Å². The fourth-order valence-corrected chi connectivity index (χ4v) is 2.39. The van der Waals surface area contributed by atoms with Gasteiger partial charge in [-0.15, -0.1) is 0 Å². The van der Waals surface area contributed by atoms with Gasteiger partial charge in [-0.25, -0.2) is 0 Å². The number of halogens is 2. The Balaban J connectivity index is 2.68. The smallest absolute Gasteiger partial charge is 0.0406 e. The van der Waals surface area contributed by atoms with Crippen LogP contribution in [0.15, 0.2) is 24.3 Å². The van der Waals surface area contributed by atoms with Crippen LogP contribution in [0.3, 0.4) is 0 Å². The summed E-state index contributed by atoms with van der Waals surface area (Å²) >= 11 is 9.57. The maximum absolute atomic E-state index is 5.85. The summed E-state index contributed by atoms with van der Waals surface area (Å²) in [5.41, 5.74) is 1.35. The van der Waals surface area contributed by atoms with Crippen LogP contribution in [0.25, 0.3) is 0 Å². The fourth-order valence-electron chi connectivity index (χ4n) is 1.50. The van der Waals surface area contributed by atoms with Gasteiger partial charge in [-0.3, -0.25) is 0 Å². The Kier molecular flexibility index (Phi) is 4.97. The molecule has 1 aromatic rings. The minimum atomic E-state index is 0.548. The fraction of sp³-hybridized carbons (Fsp3) is 0.500. The van der Waals surface area contributed by atoms with E-state index in [9.17, 15) is 0 Å². The van der Waals surface area contributed by atoms with Crippen LogP contribution in [0.5, 0.6) is 0 Å². The maximum Gasteiger partial charge on any atom is 0.0406 e. The predicted octanol–water partition coefficient (Wildman–Crippen LogP) is 5.01. The van der Waals surface area contributed by atoms with Gasteiger partial charge in [-0.05, 0) is 30.0 Å². The first-order valence-corrected chi connectivity index (χ1v) is 6.34. The van der Waals surface area contributed by atoms with Gasteiger partial charge in [0.15, 0.2) is 0 Å². The average Bonchev–Trinajstić information content (AvgIpc) is 2.18. The van der Waals surface area contributed by atoms with Gasteiger partial charge in [-0.1, -0.05) is 59.9 Å². The molecule has 2 unspecified atom stereocenters. The highest BCUT2D eigenvalue weighted by Crippen LogP contribution is 2.28. The molecule has 0 N–H and O–H groups in total. The number of benzene rings is 1. The summed E-state index contributed by atoms with van der Waals surface area (Å²) in [6.07, 6.45) is 2.43. The third-order valence-corrected chi connectivity index (χ3v) is 4.01. The third kappa shape index (κ3) is 3.29. The zero-order valence-electron chi connectivity index (χ0n) is 8.63. The number of rotatable bonds is 4. The summed E-state index contributed by atoms with van der Waals surface area (Å²) in [7, 11) is 0. The molecular weight excluding hydrogens is 259 g/mol. The molecule has 0 radical (unpaired) electrons. The molecule has 0 saturated carbocycles. The van der Waals surface area contributed by atoms with Gasteiger partial charge >= 0.3 is 0 Å². The monoisotopic (exact) mass is 274 g/mol. The van der Waals surface area contributed by atoms with Gasteiger partial charge in [0.2, 0.25) is 0 Å². The predicted molar refractivity (Wildman–Crippen MR) is 67.5 cm³/mol. The lowest BCUT2D eigenvalue weighted by molar-refractivity contribution is 0.651. The Hall–Kier alpha value is -0.0100. The lowest BCUT2D eigenvalue weighted by atomic mass is 9.95. The molecule has 0 aromatic heterocycles. The molecule has 2 atom stereocenters. The lowest BCUT2D eigenvalue weighted by Gasteiger charge is -2.18. The maximum atomic E-state index is 5.85. The molecule has 0 fully saturated rings. The highest BCUT2D eigenvalue weighted by Gasteiger charge is 2.14. The van der Waals surface area contributed by atoms with Crippen molar-refractivity contribution in [2.24, 2.45) is 0 Å². The van der Waals surface area contributed by atoms with Gasteiger partial charge in [0.25, 0.3) is 0 Å². The van der Waals surface area contributed by atoms with Crippen LogP contribution in [0.2, 0.25) is 5.02 Å². The molecule has 1 aromatic carbocycles. The zero-order chi connectivity index (χ0) is 10.6. The normalized spacial score (nSPS) is 15.1. The van der Waals surface area contributed by atoms with Crippen molar-refractivity contribution in [1.82, 2.24) is 0 Å². The zero-order valence-corrected chi connectivity index (χ0v) is 11.0. The van der Waals surface area contributed by atoms with Crippen molar-refractivity contribution in [1.29, 1.82) is 0 Å². The first kappa shape index (κ1) is 12.1. The molecule has 1 rings (SSSR count). The molecule has 0 aliphatic carbocycles. The Morgan fingerprint density at radius 2 is 1.86 bits per heavy atom. The Morgan fingerprint density at radius 3 is 2.36 bits per heavy atom. The van der Waals surface area contributed by atoms with E-state index in [1.165, 1.54) is 18.4 Å². The molecule has 0 spiro atoms. The van der Waals surface area contributed by atoms with Gasteiger partial charge < -0.3 is 0 Å². The van der Waals surface area contributed by atoms with E-state index in [1.54, 1.807) is 0 Å². The Morgan fingerprint density at radius 1 is 1.29 bits per heavy atom. The van der Waals surface area contributed by atoms with E-state index in [-0.39, 0.29) is 0 Å². The first-order chi connectivity index (χ1) is 6.65. The van der Waals surface area contributed by atoms with Gasteiger partial charge in [0, 0.05) is 9.85 Å². The summed E-state index contributed by atoms with van der Waals surface area (Å²) in [4.78, 5) is 0.564. The SMILES string of the molecule is CCCC(Br)C(C)c1ccc(Cl)cc1. The molecular formula is C12H16BrCl. The quantitative estimate of drug-likeness (QED) is 0.678. The second-order valence-corrected chi connectivity index (χ2v) is 5.26. The summed E-state index contributed by atoms with van der Waals surface area (Å²) in [6, 6.07) is 8.13. The van der Waals surface area contributed by atoms with Crippen LogP contribution in [0.1, 0.15) is 38.2 Å². The number of hydrogen-bond acceptors (Lipinski definition) is 0. The Bertz CT molecular complexity index is 268. The summed E-state index contributed by atoms with van der Waals surface area (Å²) in [6.45, 7) is 4.46. The van der Waals surface area contributed by atoms with E-state index in [0.717, 1.165) is 5.02 Å². The van der Waals surface area contributed by atoms with E-state index < -0.39 is 0 Å². The van der Waals surface area contributed by atoms with Crippen molar-refractivity contribution in [3.8, 4) is 0 Å². The molecule has 0 bridgehead atoms. The number of hydrogen-bond donors (Lipinski definition) is 0. The summed E-state index contributed by atoms with van der Waals surface area (Å²) < 4.78 is 0. The van der Waals surface area contributed by atoms with Crippen LogP contribution in [0, 0.1) is 0 Å². The minimum Gasteiger partial charge on any atom is -0.0884 e. The molecule has 0 amide bonds. The van der Waals surface area contributed by atoms with Crippen molar-refractivity contribution >= 4 is 27.5 Å². The van der Waals surface area contributed by atoms with Crippen molar-refractivity contribution < 1.29 is 0 Å². The average molecular weight is 276 g/mol. The second-order valence-electron chi connectivity index (χ2n) is 3.64. The van der Waals surface area contributed by atoms with Crippen LogP contribution < -0.4 is 0 Å². The molecule has 0 aliphatic heterocycles. The molecule has 0 aliphatic rings. The van der Waals surface area contributed by atoms with Crippen molar-refractivity contribution in [2.45, 2.75) is 37.4 Å². The topological polar surface area (TPSA) is 0 Å². The summed E-state index contributed by atoms with van der Waals surface area (Å²) in [5.74, 6) is 0.548. The van der Waals surface area contributed by atoms with E-state index in [0.29, 0.717) is 10.7 Å².